The Morgan fingerprint density at radius 3 is 2.54 bits per heavy atom. The molecule has 138 valence electrons. The molecule has 0 saturated heterocycles. The van der Waals surface area contributed by atoms with E-state index in [0.29, 0.717) is 12.3 Å². The lowest BCUT2D eigenvalue weighted by Gasteiger charge is -2.16. The van der Waals surface area contributed by atoms with Crippen LogP contribution in [0.15, 0.2) is 47.6 Å². The van der Waals surface area contributed by atoms with E-state index in [-0.39, 0.29) is 11.3 Å². The second kappa shape index (κ2) is 9.10. The number of phenols is 1. The van der Waals surface area contributed by atoms with Crippen LogP contribution in [0.1, 0.15) is 42.3 Å². The second-order valence-corrected chi connectivity index (χ2v) is 6.10. The Bertz CT molecular complexity index is 801. The first-order chi connectivity index (χ1) is 12.5. The third-order valence-corrected chi connectivity index (χ3v) is 4.38. The van der Waals surface area contributed by atoms with Crippen molar-refractivity contribution in [3.05, 3.63) is 65.0 Å². The number of amides is 1. The molecule has 0 radical (unpaired) electrons. The number of hydrazone groups is 1. The van der Waals surface area contributed by atoms with Crippen molar-refractivity contribution in [2.75, 3.05) is 13.1 Å². The van der Waals surface area contributed by atoms with Crippen molar-refractivity contribution in [3.63, 3.8) is 0 Å². The number of quaternary nitrogens is 1. The molecular weight excluding hydrogens is 333 g/mol. The van der Waals surface area contributed by atoms with Crippen LogP contribution in [-0.4, -0.2) is 29.8 Å². The van der Waals surface area contributed by atoms with Crippen LogP contribution in [0.2, 0.25) is 0 Å². The monoisotopic (exact) mass is 358 g/mol. The lowest BCUT2D eigenvalue weighted by molar-refractivity contribution is -0.910. The van der Waals surface area contributed by atoms with E-state index in [2.05, 4.69) is 24.4 Å². The van der Waals surface area contributed by atoms with E-state index >= 15 is 0 Å². The normalized spacial score (nSPS) is 11.7. The minimum atomic E-state index is -0.603. The summed E-state index contributed by atoms with van der Waals surface area (Å²) in [5.74, 6) is -0.947. The number of rotatable bonds is 7. The van der Waals surface area contributed by atoms with Gasteiger partial charge >= 0.3 is 0 Å². The largest absolute Gasteiger partial charge is 0.507 e. The molecule has 0 spiro atoms. The van der Waals surface area contributed by atoms with Crippen molar-refractivity contribution in [2.24, 2.45) is 5.10 Å². The zero-order chi connectivity index (χ0) is 19.1. The molecule has 2 aromatic carbocycles. The first-order valence-corrected chi connectivity index (χ1v) is 8.71. The molecule has 1 amide bonds. The fourth-order valence-corrected chi connectivity index (χ4v) is 2.63. The summed E-state index contributed by atoms with van der Waals surface area (Å²) in [6, 6.07) is 11.0. The molecule has 3 N–H and O–H groups in total. The predicted molar refractivity (Wildman–Crippen MR) is 99.9 cm³/mol. The summed E-state index contributed by atoms with van der Waals surface area (Å²) in [4.78, 5) is 13.4. The fraction of sp³-hybridized carbons (Fsp3) is 0.300. The highest BCUT2D eigenvalue weighted by Crippen LogP contribution is 2.18. The average Bonchev–Trinajstić information content (AvgIpc) is 2.65. The number of carbonyl (C=O) groups excluding carboxylic acids is 1. The number of hydrogen-bond donors (Lipinski definition) is 3. The molecule has 0 fully saturated rings. The summed E-state index contributed by atoms with van der Waals surface area (Å²) < 4.78 is 13.6. The highest BCUT2D eigenvalue weighted by molar-refractivity contribution is 6.01. The van der Waals surface area contributed by atoms with Crippen molar-refractivity contribution in [3.8, 4) is 5.75 Å². The summed E-state index contributed by atoms with van der Waals surface area (Å²) in [5, 5.41) is 14.2. The van der Waals surface area contributed by atoms with Crippen molar-refractivity contribution >= 4 is 11.6 Å². The van der Waals surface area contributed by atoms with Gasteiger partial charge in [-0.3, -0.25) is 4.79 Å². The summed E-state index contributed by atoms with van der Waals surface area (Å²) in [6.07, 6.45) is 0. The van der Waals surface area contributed by atoms with Crippen LogP contribution in [0.25, 0.3) is 0 Å². The van der Waals surface area contributed by atoms with Gasteiger partial charge in [0, 0.05) is 5.56 Å². The quantitative estimate of drug-likeness (QED) is 0.524. The fourth-order valence-electron chi connectivity index (χ4n) is 2.63. The van der Waals surface area contributed by atoms with Crippen LogP contribution in [0.3, 0.4) is 0 Å². The van der Waals surface area contributed by atoms with Gasteiger partial charge in [0.1, 0.15) is 18.1 Å². The highest BCUT2D eigenvalue weighted by Gasteiger charge is 2.12. The van der Waals surface area contributed by atoms with E-state index in [4.69, 9.17) is 0 Å². The summed E-state index contributed by atoms with van der Waals surface area (Å²) in [7, 11) is 0. The maximum Gasteiger partial charge on any atom is 0.274 e. The molecule has 0 heterocycles. The van der Waals surface area contributed by atoms with Gasteiger partial charge < -0.3 is 10.0 Å². The molecule has 5 nitrogen and oxygen atoms in total. The number of hydrogen-bond acceptors (Lipinski definition) is 3. The van der Waals surface area contributed by atoms with Gasteiger partial charge in [-0.15, -0.1) is 0 Å². The average molecular weight is 358 g/mol. The van der Waals surface area contributed by atoms with Crippen LogP contribution < -0.4 is 10.3 Å². The Labute approximate surface area is 153 Å². The molecular formula is C20H25FN3O2+. The molecule has 0 bridgehead atoms. The predicted octanol–water partition coefficient (Wildman–Crippen LogP) is 2.11. The lowest BCUT2D eigenvalue weighted by atomic mass is 10.1. The standard InChI is InChI=1S/C20H24FN3O2/c1-4-24(5-2)13-16-12-15(10-11-19(16)25)14(3)22-23-20(26)17-8-6-7-9-18(17)21/h6-12,25H,4-5,13H2,1-3H3,(H,23,26)/p+1/b22-14+. The third-order valence-electron chi connectivity index (χ3n) is 4.38. The van der Waals surface area contributed by atoms with Gasteiger partial charge in [-0.1, -0.05) is 12.1 Å². The highest BCUT2D eigenvalue weighted by atomic mass is 19.1. The number of phenolic OH excluding ortho intramolecular Hbond substituents is 1. The third kappa shape index (κ3) is 4.89. The van der Waals surface area contributed by atoms with E-state index in [1.807, 2.05) is 6.07 Å². The molecule has 2 rings (SSSR count). The Morgan fingerprint density at radius 1 is 1.19 bits per heavy atom. The van der Waals surface area contributed by atoms with Gasteiger partial charge in [-0.05, 0) is 56.7 Å². The SMILES string of the molecule is CC[NH+](CC)Cc1cc(/C(C)=N/NC(=O)c2ccccc2F)ccc1O. The Hall–Kier alpha value is -2.73. The number of nitrogens with one attached hydrogen (secondary N) is 2. The number of halogens is 1. The van der Waals surface area contributed by atoms with Gasteiger partial charge in [0.15, 0.2) is 0 Å². The van der Waals surface area contributed by atoms with E-state index in [1.165, 1.54) is 23.1 Å². The first-order valence-electron chi connectivity index (χ1n) is 8.71. The number of aromatic hydroxyl groups is 1. The molecule has 0 unspecified atom stereocenters. The molecule has 0 aliphatic rings. The number of benzene rings is 2. The van der Waals surface area contributed by atoms with Crippen LogP contribution >= 0.6 is 0 Å². The van der Waals surface area contributed by atoms with E-state index < -0.39 is 11.7 Å². The zero-order valence-electron chi connectivity index (χ0n) is 15.3. The summed E-state index contributed by atoms with van der Waals surface area (Å²) in [6.45, 7) is 8.59. The summed E-state index contributed by atoms with van der Waals surface area (Å²) >= 11 is 0. The smallest absolute Gasteiger partial charge is 0.274 e. The lowest BCUT2D eigenvalue weighted by Crippen LogP contribution is -3.10. The Morgan fingerprint density at radius 2 is 1.88 bits per heavy atom. The van der Waals surface area contributed by atoms with Crippen LogP contribution in [-0.2, 0) is 6.54 Å². The first kappa shape index (κ1) is 19.6. The molecule has 0 aliphatic carbocycles. The molecule has 0 atom stereocenters. The zero-order valence-corrected chi connectivity index (χ0v) is 15.3. The summed E-state index contributed by atoms with van der Waals surface area (Å²) in [5.41, 5.74) is 4.52. The topological polar surface area (TPSA) is 66.1 Å². The van der Waals surface area contributed by atoms with Crippen LogP contribution in [0.4, 0.5) is 4.39 Å². The van der Waals surface area contributed by atoms with Gasteiger partial charge in [0.05, 0.1) is 24.4 Å². The van der Waals surface area contributed by atoms with E-state index in [9.17, 15) is 14.3 Å². The van der Waals surface area contributed by atoms with Crippen LogP contribution in [0.5, 0.6) is 5.75 Å². The maximum absolute atomic E-state index is 13.6. The minimum Gasteiger partial charge on any atom is -0.507 e. The van der Waals surface area contributed by atoms with Gasteiger partial charge in [-0.25, -0.2) is 9.82 Å². The molecule has 2 aromatic rings. The maximum atomic E-state index is 13.6. The Balaban J connectivity index is 2.16. The van der Waals surface area contributed by atoms with E-state index in [1.54, 1.807) is 25.1 Å². The molecule has 0 aliphatic heterocycles. The van der Waals surface area contributed by atoms with E-state index in [0.717, 1.165) is 24.2 Å². The van der Waals surface area contributed by atoms with Gasteiger partial charge in [0.25, 0.3) is 5.91 Å². The Kier molecular flexibility index (Phi) is 6.86. The van der Waals surface area contributed by atoms with Crippen LogP contribution in [0, 0.1) is 5.82 Å². The van der Waals surface area contributed by atoms with Crippen molar-refractivity contribution in [2.45, 2.75) is 27.3 Å². The molecule has 6 heteroatoms. The molecule has 0 aromatic heterocycles. The number of nitrogens with zero attached hydrogens (tertiary/aromatic N) is 1. The minimum absolute atomic E-state index is 0.0550. The van der Waals surface area contributed by atoms with Gasteiger partial charge in [-0.2, -0.15) is 5.10 Å². The van der Waals surface area contributed by atoms with Crippen molar-refractivity contribution in [1.29, 1.82) is 0 Å². The van der Waals surface area contributed by atoms with Crippen molar-refractivity contribution < 1.29 is 19.2 Å². The molecule has 0 saturated carbocycles. The van der Waals surface area contributed by atoms with Gasteiger partial charge in [0.2, 0.25) is 0 Å². The second-order valence-electron chi connectivity index (χ2n) is 6.10. The molecule has 26 heavy (non-hydrogen) atoms. The van der Waals surface area contributed by atoms with Crippen molar-refractivity contribution in [1.82, 2.24) is 5.43 Å². The number of carbonyl (C=O) groups is 1.